The molecule has 0 fully saturated rings. The molecule has 0 spiro atoms. The quantitative estimate of drug-likeness (QED) is 0.409. The molecule has 1 amide bonds. The second kappa shape index (κ2) is 4.83. The summed E-state index contributed by atoms with van der Waals surface area (Å²) in [6.07, 6.45) is 5.51. The SMILES string of the molecule is C#CCCNC(=O)C(C)N. The first-order valence-electron chi connectivity index (χ1n) is 3.15. The zero-order valence-electron chi connectivity index (χ0n) is 6.05. The van der Waals surface area contributed by atoms with Crippen molar-refractivity contribution in [2.45, 2.75) is 19.4 Å². The van der Waals surface area contributed by atoms with Crippen LogP contribution in [0.4, 0.5) is 0 Å². The highest BCUT2D eigenvalue weighted by atomic mass is 16.2. The van der Waals surface area contributed by atoms with E-state index in [-0.39, 0.29) is 5.91 Å². The lowest BCUT2D eigenvalue weighted by Crippen LogP contribution is -2.38. The van der Waals surface area contributed by atoms with Crippen LogP contribution in [-0.2, 0) is 4.79 Å². The Labute approximate surface area is 61.0 Å². The lowest BCUT2D eigenvalue weighted by atomic mass is 10.3. The van der Waals surface area contributed by atoms with Gasteiger partial charge in [-0.1, -0.05) is 0 Å². The van der Waals surface area contributed by atoms with Crippen LogP contribution in [0.3, 0.4) is 0 Å². The Kier molecular flexibility index (Phi) is 4.34. The van der Waals surface area contributed by atoms with Gasteiger partial charge in [-0.15, -0.1) is 12.3 Å². The molecule has 0 aromatic heterocycles. The van der Waals surface area contributed by atoms with Crippen molar-refractivity contribution in [1.82, 2.24) is 5.32 Å². The minimum absolute atomic E-state index is 0.157. The third-order valence-corrected chi connectivity index (χ3v) is 0.982. The molecule has 0 aromatic rings. The second-order valence-corrected chi connectivity index (χ2v) is 2.03. The maximum absolute atomic E-state index is 10.7. The highest BCUT2D eigenvalue weighted by Gasteiger charge is 2.03. The fraction of sp³-hybridized carbons (Fsp3) is 0.571. The van der Waals surface area contributed by atoms with Gasteiger partial charge in [0.1, 0.15) is 0 Å². The van der Waals surface area contributed by atoms with Crippen LogP contribution in [0, 0.1) is 12.3 Å². The number of nitrogens with one attached hydrogen (secondary N) is 1. The summed E-state index contributed by atoms with van der Waals surface area (Å²) in [5.74, 6) is 2.25. The van der Waals surface area contributed by atoms with Crippen molar-refractivity contribution >= 4 is 5.91 Å². The van der Waals surface area contributed by atoms with E-state index in [9.17, 15) is 4.79 Å². The third-order valence-electron chi connectivity index (χ3n) is 0.982. The van der Waals surface area contributed by atoms with Crippen LogP contribution >= 0.6 is 0 Å². The molecular weight excluding hydrogens is 128 g/mol. The summed E-state index contributed by atoms with van der Waals surface area (Å²) < 4.78 is 0. The van der Waals surface area contributed by atoms with Crippen LogP contribution in [-0.4, -0.2) is 18.5 Å². The number of carbonyl (C=O) groups excluding carboxylic acids is 1. The third kappa shape index (κ3) is 3.93. The average molecular weight is 140 g/mol. The van der Waals surface area contributed by atoms with Gasteiger partial charge in [-0.05, 0) is 6.92 Å². The van der Waals surface area contributed by atoms with E-state index in [1.807, 2.05) is 0 Å². The summed E-state index contributed by atoms with van der Waals surface area (Å²) in [6, 6.07) is -0.447. The largest absolute Gasteiger partial charge is 0.354 e. The molecule has 10 heavy (non-hydrogen) atoms. The van der Waals surface area contributed by atoms with E-state index in [2.05, 4.69) is 11.2 Å². The smallest absolute Gasteiger partial charge is 0.236 e. The van der Waals surface area contributed by atoms with Gasteiger partial charge in [-0.25, -0.2) is 0 Å². The summed E-state index contributed by atoms with van der Waals surface area (Å²) in [4.78, 5) is 10.7. The second-order valence-electron chi connectivity index (χ2n) is 2.03. The zero-order chi connectivity index (χ0) is 7.98. The van der Waals surface area contributed by atoms with Gasteiger partial charge in [0.2, 0.25) is 5.91 Å². The van der Waals surface area contributed by atoms with Gasteiger partial charge in [-0.3, -0.25) is 4.79 Å². The van der Waals surface area contributed by atoms with E-state index in [1.165, 1.54) is 0 Å². The Morgan fingerprint density at radius 2 is 2.50 bits per heavy atom. The van der Waals surface area contributed by atoms with Gasteiger partial charge in [0, 0.05) is 13.0 Å². The van der Waals surface area contributed by atoms with Gasteiger partial charge >= 0.3 is 0 Å². The molecule has 0 radical (unpaired) electrons. The summed E-state index contributed by atoms with van der Waals surface area (Å²) in [5.41, 5.74) is 5.25. The molecule has 0 saturated carbocycles. The van der Waals surface area contributed by atoms with Crippen molar-refractivity contribution in [1.29, 1.82) is 0 Å². The van der Waals surface area contributed by atoms with E-state index in [4.69, 9.17) is 12.2 Å². The summed E-state index contributed by atoms with van der Waals surface area (Å²) in [7, 11) is 0. The Morgan fingerprint density at radius 3 is 2.90 bits per heavy atom. The van der Waals surface area contributed by atoms with Crippen LogP contribution in [0.5, 0.6) is 0 Å². The van der Waals surface area contributed by atoms with Crippen molar-refractivity contribution in [2.75, 3.05) is 6.54 Å². The molecule has 0 aliphatic carbocycles. The fourth-order valence-corrected chi connectivity index (χ4v) is 0.419. The first kappa shape index (κ1) is 8.99. The van der Waals surface area contributed by atoms with E-state index in [1.54, 1.807) is 6.92 Å². The summed E-state index contributed by atoms with van der Waals surface area (Å²) in [6.45, 7) is 2.14. The molecule has 1 atom stereocenters. The maximum atomic E-state index is 10.7. The number of carbonyl (C=O) groups is 1. The molecule has 56 valence electrons. The van der Waals surface area contributed by atoms with Crippen molar-refractivity contribution < 1.29 is 4.79 Å². The van der Waals surface area contributed by atoms with Crippen LogP contribution in [0.1, 0.15) is 13.3 Å². The van der Waals surface area contributed by atoms with E-state index >= 15 is 0 Å². The summed E-state index contributed by atoms with van der Waals surface area (Å²) >= 11 is 0. The van der Waals surface area contributed by atoms with Crippen LogP contribution < -0.4 is 11.1 Å². The lowest BCUT2D eigenvalue weighted by Gasteiger charge is -2.04. The molecule has 0 aromatic carbocycles. The van der Waals surface area contributed by atoms with Crippen molar-refractivity contribution in [3.8, 4) is 12.3 Å². The molecular formula is C7H12N2O. The number of amides is 1. The molecule has 0 aliphatic rings. The van der Waals surface area contributed by atoms with Crippen LogP contribution in [0.15, 0.2) is 0 Å². The molecule has 0 saturated heterocycles. The van der Waals surface area contributed by atoms with E-state index in [0.717, 1.165) is 0 Å². The molecule has 0 aliphatic heterocycles. The molecule has 1 unspecified atom stereocenters. The van der Waals surface area contributed by atoms with Gasteiger partial charge in [-0.2, -0.15) is 0 Å². The van der Waals surface area contributed by atoms with Crippen LogP contribution in [0.25, 0.3) is 0 Å². The van der Waals surface area contributed by atoms with Crippen molar-refractivity contribution in [3.63, 3.8) is 0 Å². The van der Waals surface area contributed by atoms with E-state index < -0.39 is 6.04 Å². The van der Waals surface area contributed by atoms with Gasteiger partial charge in [0.25, 0.3) is 0 Å². The van der Waals surface area contributed by atoms with Gasteiger partial charge in [0.05, 0.1) is 6.04 Å². The highest BCUT2D eigenvalue weighted by Crippen LogP contribution is 1.75. The minimum atomic E-state index is -0.447. The van der Waals surface area contributed by atoms with E-state index in [0.29, 0.717) is 13.0 Å². The van der Waals surface area contributed by atoms with Crippen molar-refractivity contribution in [2.24, 2.45) is 5.73 Å². The molecule has 3 nitrogen and oxygen atoms in total. The predicted octanol–water partition coefficient (Wildman–Crippen LogP) is -0.527. The molecule has 0 rings (SSSR count). The predicted molar refractivity (Wildman–Crippen MR) is 40.1 cm³/mol. The number of terminal acetylenes is 1. The molecule has 3 N–H and O–H groups in total. The zero-order valence-corrected chi connectivity index (χ0v) is 6.05. The standard InChI is InChI=1S/C7H12N2O/c1-3-4-5-9-7(10)6(2)8/h1,6H,4-5,8H2,2H3,(H,9,10). The number of nitrogens with two attached hydrogens (primary N) is 1. The normalized spacial score (nSPS) is 11.7. The lowest BCUT2D eigenvalue weighted by molar-refractivity contribution is -0.121. The molecule has 3 heteroatoms. The first-order valence-corrected chi connectivity index (χ1v) is 3.15. The monoisotopic (exact) mass is 140 g/mol. The topological polar surface area (TPSA) is 55.1 Å². The summed E-state index contributed by atoms with van der Waals surface area (Å²) in [5, 5.41) is 2.58. The molecule has 0 bridgehead atoms. The Balaban J connectivity index is 3.33. The van der Waals surface area contributed by atoms with Crippen LogP contribution in [0.2, 0.25) is 0 Å². The Bertz CT molecular complexity index is 146. The fourth-order valence-electron chi connectivity index (χ4n) is 0.419. The number of hydrogen-bond donors (Lipinski definition) is 2. The minimum Gasteiger partial charge on any atom is -0.354 e. The Morgan fingerprint density at radius 1 is 1.90 bits per heavy atom. The van der Waals surface area contributed by atoms with Crippen molar-refractivity contribution in [3.05, 3.63) is 0 Å². The maximum Gasteiger partial charge on any atom is 0.236 e. The van der Waals surface area contributed by atoms with Gasteiger partial charge < -0.3 is 11.1 Å². The first-order chi connectivity index (χ1) is 4.68. The highest BCUT2D eigenvalue weighted by molar-refractivity contribution is 5.80. The van der Waals surface area contributed by atoms with Gasteiger partial charge in [0.15, 0.2) is 0 Å². The number of rotatable bonds is 3. The molecule has 0 heterocycles. The average Bonchev–Trinajstić information content (AvgIpc) is 1.88. The number of hydrogen-bond acceptors (Lipinski definition) is 2. The Hall–Kier alpha value is -1.01.